The van der Waals surface area contributed by atoms with Crippen LogP contribution in [0, 0.1) is 0 Å². The summed E-state index contributed by atoms with van der Waals surface area (Å²) in [6, 6.07) is 0. The van der Waals surface area contributed by atoms with E-state index in [1.807, 2.05) is 0 Å². The maximum absolute atomic E-state index is 0. The van der Waals surface area contributed by atoms with Crippen molar-refractivity contribution in [1.29, 1.82) is 0 Å². The van der Waals surface area contributed by atoms with Crippen molar-refractivity contribution >= 4 is 264 Å². The Balaban J connectivity index is 0. The fourth-order valence-corrected chi connectivity index (χ4v) is 0. The molecule has 0 aromatic carbocycles. The molecule has 0 aliphatic rings. The SMILES string of the molecule is P.[Ag].[Al].[B].[Ba].[Ca].[Cd].[Cr].[Cu].[Fe].[Mg].[Mn].[Mo].[Na].[Ni].[Pb].[Si].[Sn].[Tl].[V].[Zn]. The zero-order valence-electron chi connectivity index (χ0n) is 11.4. The predicted octanol–water partition coefficient (Wildman–Crippen LogP) is -3.77. The van der Waals surface area contributed by atoms with Crippen molar-refractivity contribution in [3.05, 3.63) is 0 Å². The topological polar surface area (TPSA) is 0 Å². The second kappa shape index (κ2) is 183. The monoisotopic (exact) mass is 1570 g/mol. The minimum absolute atomic E-state index is 0. The van der Waals surface area contributed by atoms with Crippen molar-refractivity contribution in [2.45, 2.75) is 0 Å². The van der Waals surface area contributed by atoms with Gasteiger partial charge in [0.1, 0.15) is 0 Å². The summed E-state index contributed by atoms with van der Waals surface area (Å²) in [4.78, 5) is 0. The van der Waals surface area contributed by atoms with Crippen molar-refractivity contribution in [3.8, 4) is 0 Å². The smallest absolute Gasteiger partial charge is 0 e. The van der Waals surface area contributed by atoms with Crippen LogP contribution in [0.15, 0.2) is 0 Å². The van der Waals surface area contributed by atoms with Gasteiger partial charge in [-0.3, -0.25) is 0 Å². The first-order valence-corrected chi connectivity index (χ1v) is 0. The summed E-state index contributed by atoms with van der Waals surface area (Å²) in [5.74, 6) is 0. The molecule has 1 unspecified atom stereocenters. The second-order valence-corrected chi connectivity index (χ2v) is 0. The summed E-state index contributed by atoms with van der Waals surface area (Å²) >= 11 is 0. The van der Waals surface area contributed by atoms with E-state index in [4.69, 9.17) is 0 Å². The fourth-order valence-electron chi connectivity index (χ4n) is 0. The molecule has 0 aliphatic carbocycles. The van der Waals surface area contributed by atoms with E-state index >= 15 is 0 Å². The Morgan fingerprint density at radius 2 is 1.00 bits per heavy atom. The van der Waals surface area contributed by atoms with E-state index in [1.165, 1.54) is 0 Å². The van der Waals surface area contributed by atoms with Crippen LogP contribution in [0.5, 0.6) is 0 Å². The molecule has 0 saturated heterocycles. The summed E-state index contributed by atoms with van der Waals surface area (Å²) in [6.45, 7) is 0. The largest absolute Gasteiger partial charge is 0.153 e. The molecule has 0 aromatic heterocycles. The Labute approximate surface area is 444 Å². The fraction of sp³-hybridized carbons (Fsp3) is 0. The number of rotatable bonds is 0. The molecular weight excluding hydrogens is 1570 g/mol. The van der Waals surface area contributed by atoms with Crippen molar-refractivity contribution in [1.82, 2.24) is 0 Å². The average molecular weight is 1570 g/mol. The molecule has 0 nitrogen and oxygen atoms in total. The first-order valence-electron chi connectivity index (χ1n) is 0. The van der Waals surface area contributed by atoms with Gasteiger partial charge in [-0.1, -0.05) is 0 Å². The summed E-state index contributed by atoms with van der Waals surface area (Å²) in [7, 11) is 0. The van der Waals surface area contributed by atoms with Gasteiger partial charge in [-0.2, -0.15) is 9.90 Å². The molecule has 0 aromatic rings. The Morgan fingerprint density at radius 3 is 1.00 bits per heavy atom. The minimum Gasteiger partial charge on any atom is -0.153 e. The molecule has 0 saturated carbocycles. The molecule has 0 rings (SSSR count). The quantitative estimate of drug-likeness (QED) is 0.173. The van der Waals surface area contributed by atoms with Crippen molar-refractivity contribution in [2.24, 2.45) is 0 Å². The van der Waals surface area contributed by atoms with Crippen molar-refractivity contribution < 1.29 is 194 Å². The van der Waals surface area contributed by atoms with Crippen LogP contribution < -0.4 is 0 Å². The van der Waals surface area contributed by atoms with Crippen LogP contribution in [0.1, 0.15) is 0 Å². The van der Waals surface area contributed by atoms with Gasteiger partial charge in [-0.15, -0.1) is 0 Å². The minimum atomic E-state index is 0. The van der Waals surface area contributed by atoms with Gasteiger partial charge in [0, 0.05) is 448 Å². The van der Waals surface area contributed by atoms with Crippen LogP contribution in [-0.4, -0.2) is 254 Å². The number of hydrogen-bond donors (Lipinski definition) is 0. The molecule has 0 amide bonds. The van der Waals surface area contributed by atoms with E-state index in [0.29, 0.717) is 0 Å². The predicted molar refractivity (Wildman–Crippen MR) is 68.6 cm³/mol. The summed E-state index contributed by atoms with van der Waals surface area (Å²) < 4.78 is 0. The molecule has 0 N–H and O–H groups in total. The van der Waals surface area contributed by atoms with Crippen molar-refractivity contribution in [3.63, 3.8) is 0 Å². The normalized spacial score (nSPS) is 0. The van der Waals surface area contributed by atoms with Gasteiger partial charge in [0.05, 0.1) is 0 Å². The third-order valence-electron chi connectivity index (χ3n) is 0. The molecule has 21 heavy (non-hydrogen) atoms. The van der Waals surface area contributed by atoms with Crippen LogP contribution >= 0.6 is 9.90 Å². The summed E-state index contributed by atoms with van der Waals surface area (Å²) in [6.07, 6.45) is 0. The Kier molecular flexibility index (Phi) is 1740. The van der Waals surface area contributed by atoms with Crippen LogP contribution in [-0.2, 0) is 194 Å². The maximum atomic E-state index is 0. The number of hydrogen-bond acceptors (Lipinski definition) is 0. The Hall–Kier alpha value is 14.6. The molecule has 1 atom stereocenters. The van der Waals surface area contributed by atoms with E-state index in [0.717, 1.165) is 0 Å². The van der Waals surface area contributed by atoms with Gasteiger partial charge in [0.25, 0.3) is 0 Å². The molecule has 0 heterocycles. The summed E-state index contributed by atoms with van der Waals surface area (Å²) in [5.41, 5.74) is 0. The third-order valence-corrected chi connectivity index (χ3v) is 0. The van der Waals surface area contributed by atoms with Crippen LogP contribution in [0.3, 0.4) is 0 Å². The van der Waals surface area contributed by atoms with E-state index in [2.05, 4.69) is 0 Å². The molecular formula is H3AgAlBBaCaCdCrCuFeMgMnMoNaNiPPbSiSnTlVZn. The molecule has 30 radical (unpaired) electrons. The second-order valence-electron chi connectivity index (χ2n) is 0. The van der Waals surface area contributed by atoms with E-state index in [-0.39, 0.29) is 458 Å². The zero-order chi connectivity index (χ0) is 0. The van der Waals surface area contributed by atoms with Gasteiger partial charge in [-0.05, 0) is 0 Å². The Bertz CT molecular complexity index is 92.2. The van der Waals surface area contributed by atoms with Gasteiger partial charge >= 0.3 is 0 Å². The van der Waals surface area contributed by atoms with Crippen molar-refractivity contribution in [2.75, 3.05) is 0 Å². The molecule has 0 spiro atoms. The summed E-state index contributed by atoms with van der Waals surface area (Å²) in [5, 5.41) is 0. The molecule has 0 bridgehead atoms. The van der Waals surface area contributed by atoms with E-state index < -0.39 is 0 Å². The van der Waals surface area contributed by atoms with Gasteiger partial charge in [-0.25, -0.2) is 0 Å². The molecule has 0 fully saturated rings. The average Bonchev–Trinajstić information content (AvgIpc) is 0. The Morgan fingerprint density at radius 1 is 1.00 bits per heavy atom. The van der Waals surface area contributed by atoms with E-state index in [9.17, 15) is 0 Å². The standard InChI is InChI=1S/Ag.Al.B.Ba.Ca.Cd.Cr.Cu.Fe.Mg.Mn.Mo.Na.Ni.H3P.Pb.Si.Sn.Tl.V.Zn/h;;;;;;;;;;;;;;1H3;;;;;;. The van der Waals surface area contributed by atoms with Gasteiger partial charge < -0.3 is 0 Å². The first-order chi connectivity index (χ1) is 0. The van der Waals surface area contributed by atoms with Gasteiger partial charge in [0.2, 0.25) is 0 Å². The van der Waals surface area contributed by atoms with E-state index in [1.54, 1.807) is 0 Å². The van der Waals surface area contributed by atoms with Crippen LogP contribution in [0.4, 0.5) is 0 Å². The molecule has 0 aliphatic heterocycles. The molecule has 104 valence electrons. The van der Waals surface area contributed by atoms with Crippen LogP contribution in [0.25, 0.3) is 0 Å². The third kappa shape index (κ3) is 172. The van der Waals surface area contributed by atoms with Crippen LogP contribution in [0.2, 0.25) is 0 Å². The molecule has 21 heteroatoms. The zero-order valence-corrected chi connectivity index (χ0v) is 53.6. The first kappa shape index (κ1) is 200. The van der Waals surface area contributed by atoms with Gasteiger partial charge in [0.15, 0.2) is 0 Å². The maximum Gasteiger partial charge on any atom is 0 e.